The number of pyridine rings is 1. The lowest BCUT2D eigenvalue weighted by Crippen LogP contribution is -2.56. The number of rotatable bonds is 3. The van der Waals surface area contributed by atoms with Crippen molar-refractivity contribution in [2.75, 3.05) is 6.61 Å². The number of aliphatic hydroxyl groups is 1. The van der Waals surface area contributed by atoms with Crippen molar-refractivity contribution in [2.24, 2.45) is 0 Å². The highest BCUT2D eigenvalue weighted by Gasteiger charge is 2.38. The number of nitrogens with zero attached hydrogens (tertiary/aromatic N) is 1. The molecule has 20 heavy (non-hydrogen) atoms. The summed E-state index contributed by atoms with van der Waals surface area (Å²) in [6.07, 6.45) is 4.15. The lowest BCUT2D eigenvalue weighted by molar-refractivity contribution is 0.0643. The van der Waals surface area contributed by atoms with E-state index in [2.05, 4.69) is 10.3 Å². The summed E-state index contributed by atoms with van der Waals surface area (Å²) in [4.78, 5) is 16.5. The molecule has 0 aliphatic heterocycles. The molecule has 1 aliphatic rings. The minimum absolute atomic E-state index is 0.0301. The summed E-state index contributed by atoms with van der Waals surface area (Å²) >= 11 is 6.05. The molecule has 104 valence electrons. The van der Waals surface area contributed by atoms with E-state index in [-0.39, 0.29) is 12.5 Å². The van der Waals surface area contributed by atoms with Gasteiger partial charge in [-0.25, -0.2) is 4.98 Å². The number of halogens is 1. The van der Waals surface area contributed by atoms with Crippen LogP contribution >= 0.6 is 11.6 Å². The topological polar surface area (TPSA) is 62.2 Å². The second-order valence-corrected chi connectivity index (χ2v) is 5.61. The first-order valence-electron chi connectivity index (χ1n) is 6.62. The SMILES string of the molecule is O=C(NC1(CO)CCC1)c1cnc(Cl)c2ccccc12. The van der Waals surface area contributed by atoms with E-state index < -0.39 is 5.54 Å². The second kappa shape index (κ2) is 5.04. The summed E-state index contributed by atoms with van der Waals surface area (Å²) in [6, 6.07) is 7.41. The third-order valence-electron chi connectivity index (χ3n) is 3.98. The Morgan fingerprint density at radius 1 is 1.35 bits per heavy atom. The predicted molar refractivity (Wildman–Crippen MR) is 77.9 cm³/mol. The van der Waals surface area contributed by atoms with E-state index in [0.29, 0.717) is 10.7 Å². The van der Waals surface area contributed by atoms with Crippen molar-refractivity contribution in [1.82, 2.24) is 10.3 Å². The molecule has 4 nitrogen and oxygen atoms in total. The van der Waals surface area contributed by atoms with Gasteiger partial charge >= 0.3 is 0 Å². The molecule has 0 atom stereocenters. The van der Waals surface area contributed by atoms with Gasteiger partial charge in [-0.15, -0.1) is 0 Å². The predicted octanol–water partition coefficient (Wildman–Crippen LogP) is 2.53. The van der Waals surface area contributed by atoms with Crippen LogP contribution in [0.5, 0.6) is 0 Å². The summed E-state index contributed by atoms with van der Waals surface area (Å²) in [7, 11) is 0. The molecule has 0 bridgehead atoms. The van der Waals surface area contributed by atoms with E-state index in [4.69, 9.17) is 11.6 Å². The first-order valence-corrected chi connectivity index (χ1v) is 7.00. The second-order valence-electron chi connectivity index (χ2n) is 5.25. The molecule has 1 aromatic carbocycles. The highest BCUT2D eigenvalue weighted by molar-refractivity contribution is 6.34. The maximum atomic E-state index is 12.4. The van der Waals surface area contributed by atoms with Crippen molar-refractivity contribution in [1.29, 1.82) is 0 Å². The third kappa shape index (κ3) is 2.15. The Morgan fingerprint density at radius 2 is 2.05 bits per heavy atom. The van der Waals surface area contributed by atoms with Crippen LogP contribution in [-0.2, 0) is 0 Å². The van der Waals surface area contributed by atoms with E-state index in [1.807, 2.05) is 24.3 Å². The van der Waals surface area contributed by atoms with Crippen LogP contribution in [0.1, 0.15) is 29.6 Å². The average molecular weight is 291 g/mol. The number of hydrogen-bond donors (Lipinski definition) is 2. The fraction of sp³-hybridized carbons (Fsp3) is 0.333. The molecule has 0 spiro atoms. The maximum Gasteiger partial charge on any atom is 0.253 e. The summed E-state index contributed by atoms with van der Waals surface area (Å²) < 4.78 is 0. The number of benzene rings is 1. The van der Waals surface area contributed by atoms with Crippen LogP contribution in [0.25, 0.3) is 10.8 Å². The first-order chi connectivity index (χ1) is 9.65. The Hall–Kier alpha value is -1.65. The minimum Gasteiger partial charge on any atom is -0.394 e. The van der Waals surface area contributed by atoms with Crippen molar-refractivity contribution in [3.8, 4) is 0 Å². The highest BCUT2D eigenvalue weighted by Crippen LogP contribution is 2.32. The number of hydrogen-bond acceptors (Lipinski definition) is 3. The molecule has 2 aromatic rings. The van der Waals surface area contributed by atoms with Crippen molar-refractivity contribution in [2.45, 2.75) is 24.8 Å². The fourth-order valence-electron chi connectivity index (χ4n) is 2.57. The molecule has 1 aliphatic carbocycles. The Balaban J connectivity index is 1.98. The van der Waals surface area contributed by atoms with Gasteiger partial charge in [-0.05, 0) is 24.6 Å². The van der Waals surface area contributed by atoms with E-state index >= 15 is 0 Å². The van der Waals surface area contributed by atoms with E-state index in [1.165, 1.54) is 6.20 Å². The van der Waals surface area contributed by atoms with Crippen LogP contribution < -0.4 is 5.32 Å². The Kier molecular flexibility index (Phi) is 3.36. The lowest BCUT2D eigenvalue weighted by Gasteiger charge is -2.41. The van der Waals surface area contributed by atoms with E-state index in [0.717, 1.165) is 30.0 Å². The molecule has 0 radical (unpaired) electrons. The molecular formula is C15H15ClN2O2. The Labute approximate surface area is 121 Å². The molecule has 5 heteroatoms. The fourth-order valence-corrected chi connectivity index (χ4v) is 2.79. The third-order valence-corrected chi connectivity index (χ3v) is 4.28. The van der Waals surface area contributed by atoms with Gasteiger partial charge in [-0.2, -0.15) is 0 Å². The van der Waals surface area contributed by atoms with Gasteiger partial charge in [0.1, 0.15) is 5.15 Å². The van der Waals surface area contributed by atoms with Crippen molar-refractivity contribution in [3.05, 3.63) is 41.2 Å². The molecule has 1 saturated carbocycles. The molecule has 0 unspecified atom stereocenters. The van der Waals surface area contributed by atoms with Gasteiger partial charge < -0.3 is 10.4 Å². The normalized spacial score (nSPS) is 16.7. The molecule has 2 N–H and O–H groups in total. The molecule has 1 heterocycles. The molecule has 1 amide bonds. The molecule has 1 aromatic heterocycles. The van der Waals surface area contributed by atoms with Crippen LogP contribution in [0.4, 0.5) is 0 Å². The van der Waals surface area contributed by atoms with Crippen LogP contribution in [0.2, 0.25) is 5.15 Å². The lowest BCUT2D eigenvalue weighted by atomic mass is 9.77. The van der Waals surface area contributed by atoms with Crippen LogP contribution in [0.3, 0.4) is 0 Å². The quantitative estimate of drug-likeness (QED) is 0.854. The minimum atomic E-state index is -0.460. The van der Waals surface area contributed by atoms with Gasteiger partial charge in [0.25, 0.3) is 5.91 Å². The molecular weight excluding hydrogens is 276 g/mol. The zero-order chi connectivity index (χ0) is 14.2. The van der Waals surface area contributed by atoms with Crippen LogP contribution in [-0.4, -0.2) is 28.1 Å². The highest BCUT2D eigenvalue weighted by atomic mass is 35.5. The summed E-state index contributed by atoms with van der Waals surface area (Å²) in [6.45, 7) is -0.0301. The van der Waals surface area contributed by atoms with Gasteiger partial charge in [0, 0.05) is 11.6 Å². The zero-order valence-electron chi connectivity index (χ0n) is 10.9. The first kappa shape index (κ1) is 13.3. The zero-order valence-corrected chi connectivity index (χ0v) is 11.7. The number of amides is 1. The maximum absolute atomic E-state index is 12.4. The monoisotopic (exact) mass is 290 g/mol. The Bertz CT molecular complexity index is 662. The molecule has 1 fully saturated rings. The largest absolute Gasteiger partial charge is 0.394 e. The number of nitrogens with one attached hydrogen (secondary N) is 1. The standard InChI is InChI=1S/C15H15ClN2O2/c16-13-11-5-2-1-4-10(11)12(8-17-13)14(20)18-15(9-19)6-3-7-15/h1-2,4-5,8,19H,3,6-7,9H2,(H,18,20). The summed E-state index contributed by atoms with van der Waals surface area (Å²) in [5.41, 5.74) is 0.0300. The number of aliphatic hydroxyl groups excluding tert-OH is 1. The number of carbonyl (C=O) groups excluding carboxylic acids is 1. The summed E-state index contributed by atoms with van der Waals surface area (Å²) in [5, 5.41) is 14.3. The number of carbonyl (C=O) groups is 1. The van der Waals surface area contributed by atoms with E-state index in [1.54, 1.807) is 0 Å². The van der Waals surface area contributed by atoms with Crippen LogP contribution in [0.15, 0.2) is 30.5 Å². The van der Waals surface area contributed by atoms with Gasteiger partial charge in [0.15, 0.2) is 0 Å². The van der Waals surface area contributed by atoms with Crippen molar-refractivity contribution >= 4 is 28.3 Å². The Morgan fingerprint density at radius 3 is 2.65 bits per heavy atom. The van der Waals surface area contributed by atoms with Gasteiger partial charge in [-0.1, -0.05) is 35.9 Å². The van der Waals surface area contributed by atoms with Gasteiger partial charge in [0.2, 0.25) is 0 Å². The van der Waals surface area contributed by atoms with Crippen molar-refractivity contribution < 1.29 is 9.90 Å². The smallest absolute Gasteiger partial charge is 0.253 e. The van der Waals surface area contributed by atoms with Crippen molar-refractivity contribution in [3.63, 3.8) is 0 Å². The molecule has 0 saturated heterocycles. The van der Waals surface area contributed by atoms with E-state index in [9.17, 15) is 9.90 Å². The van der Waals surface area contributed by atoms with Crippen LogP contribution in [0, 0.1) is 0 Å². The van der Waals surface area contributed by atoms with Gasteiger partial charge in [-0.3, -0.25) is 4.79 Å². The van der Waals surface area contributed by atoms with Gasteiger partial charge in [0.05, 0.1) is 17.7 Å². The average Bonchev–Trinajstić information content (AvgIpc) is 2.43. The molecule has 3 rings (SSSR count). The summed E-state index contributed by atoms with van der Waals surface area (Å²) in [5.74, 6) is -0.209. The number of aromatic nitrogens is 1. The number of fused-ring (bicyclic) bond motifs is 1.